The summed E-state index contributed by atoms with van der Waals surface area (Å²) >= 11 is 6.59. The van der Waals surface area contributed by atoms with E-state index >= 15 is 0 Å². The molecule has 1 aliphatic heterocycles. The quantitative estimate of drug-likeness (QED) is 0.0841. The fourth-order valence-corrected chi connectivity index (χ4v) is 6.61. The van der Waals surface area contributed by atoms with Crippen LogP contribution in [0.5, 0.6) is 5.75 Å². The monoisotopic (exact) mass is 596 g/mol. The van der Waals surface area contributed by atoms with E-state index in [1.165, 1.54) is 22.2 Å². The lowest BCUT2D eigenvalue weighted by Crippen LogP contribution is -2.31. The number of thioether (sulfide) groups is 1. The van der Waals surface area contributed by atoms with E-state index in [4.69, 9.17) is 19.4 Å². The Kier molecular flexibility index (Phi) is 8.00. The average molecular weight is 598 g/mol. The van der Waals surface area contributed by atoms with Gasteiger partial charge in [-0.2, -0.15) is 0 Å². The van der Waals surface area contributed by atoms with Crippen LogP contribution in [0.4, 0.5) is 0 Å². The van der Waals surface area contributed by atoms with Gasteiger partial charge in [-0.3, -0.25) is 4.79 Å². The molecule has 2 aromatic carbocycles. The molecule has 0 unspecified atom stereocenters. The Morgan fingerprint density at radius 1 is 1.14 bits per heavy atom. The van der Waals surface area contributed by atoms with Gasteiger partial charge >= 0.3 is 0 Å². The number of ether oxygens (including phenoxy) is 2. The van der Waals surface area contributed by atoms with Crippen LogP contribution in [0.3, 0.4) is 0 Å². The second-order valence-corrected chi connectivity index (χ2v) is 12.7. The first-order valence-electron chi connectivity index (χ1n) is 12.4. The molecule has 0 bridgehead atoms. The number of fused-ring (bicyclic) bond motifs is 3. The predicted octanol–water partition coefficient (Wildman–Crippen LogP) is 8.13. The molecule has 0 amide bonds. The number of thiophene rings is 1. The van der Waals surface area contributed by atoms with Crippen molar-refractivity contribution in [1.82, 2.24) is 9.97 Å². The largest absolute Gasteiger partial charge is 0.494 e. The minimum atomic E-state index is -0.248. The molecule has 0 saturated carbocycles. The van der Waals surface area contributed by atoms with Gasteiger partial charge in [-0.25, -0.2) is 9.97 Å². The van der Waals surface area contributed by atoms with Gasteiger partial charge in [-0.15, -0.1) is 11.3 Å². The van der Waals surface area contributed by atoms with Crippen molar-refractivity contribution >= 4 is 55.0 Å². The Labute approximate surface area is 234 Å². The molecule has 37 heavy (non-hydrogen) atoms. The van der Waals surface area contributed by atoms with Crippen LogP contribution in [-0.4, -0.2) is 33.7 Å². The summed E-state index contributed by atoms with van der Waals surface area (Å²) in [7, 11) is 0. The van der Waals surface area contributed by atoms with Crippen LogP contribution >= 0.6 is 39.0 Å². The Balaban J connectivity index is 1.49. The van der Waals surface area contributed by atoms with E-state index < -0.39 is 0 Å². The van der Waals surface area contributed by atoms with Crippen molar-refractivity contribution in [2.24, 2.45) is 0 Å². The summed E-state index contributed by atoms with van der Waals surface area (Å²) in [6.07, 6.45) is 2.93. The zero-order valence-corrected chi connectivity index (χ0v) is 24.4. The highest BCUT2D eigenvalue weighted by Gasteiger charge is 2.31. The van der Waals surface area contributed by atoms with Gasteiger partial charge in [0.05, 0.1) is 24.6 Å². The van der Waals surface area contributed by atoms with Gasteiger partial charge < -0.3 is 9.47 Å². The third kappa shape index (κ3) is 6.08. The van der Waals surface area contributed by atoms with Crippen molar-refractivity contribution in [3.8, 4) is 17.1 Å². The van der Waals surface area contributed by atoms with Crippen LogP contribution in [-0.2, 0) is 17.8 Å². The second-order valence-electron chi connectivity index (χ2n) is 9.71. The first-order valence-corrected chi connectivity index (χ1v) is 15.0. The molecule has 5 nitrogen and oxygen atoms in total. The first-order chi connectivity index (χ1) is 17.8. The molecule has 0 fully saturated rings. The molecule has 2 aromatic heterocycles. The van der Waals surface area contributed by atoms with Gasteiger partial charge in [0.15, 0.2) is 11.6 Å². The maximum atomic E-state index is 13.0. The molecule has 3 heterocycles. The fourth-order valence-electron chi connectivity index (χ4n) is 4.23. The van der Waals surface area contributed by atoms with Gasteiger partial charge in [0, 0.05) is 32.3 Å². The normalized spacial score (nSPS) is 14.5. The molecule has 0 saturated heterocycles. The molecule has 0 spiro atoms. The molecule has 8 heteroatoms. The summed E-state index contributed by atoms with van der Waals surface area (Å²) in [6, 6.07) is 15.4. The zero-order chi connectivity index (χ0) is 26.0. The van der Waals surface area contributed by atoms with Crippen LogP contribution in [0.2, 0.25) is 0 Å². The minimum absolute atomic E-state index is 0.0761. The number of Topliss-reactive ketones (excluding diaryl/α,β-unsaturated/α-hetero) is 1. The maximum Gasteiger partial charge on any atom is 0.173 e. The summed E-state index contributed by atoms with van der Waals surface area (Å²) in [5.41, 5.74) is 2.62. The number of nitrogens with zero attached hydrogens (tertiary/aromatic N) is 2. The summed E-state index contributed by atoms with van der Waals surface area (Å²) in [6.45, 7) is 7.66. The van der Waals surface area contributed by atoms with Gasteiger partial charge in [0.25, 0.3) is 0 Å². The number of unbranched alkanes of at least 4 members (excludes halogenated alkanes) is 1. The Morgan fingerprint density at radius 3 is 2.62 bits per heavy atom. The number of aromatic nitrogens is 2. The Morgan fingerprint density at radius 2 is 1.89 bits per heavy atom. The second kappa shape index (κ2) is 11.2. The smallest absolute Gasteiger partial charge is 0.173 e. The van der Waals surface area contributed by atoms with E-state index in [2.05, 4.69) is 36.7 Å². The Bertz CT molecular complexity index is 1420. The zero-order valence-electron chi connectivity index (χ0n) is 21.2. The molecule has 0 atom stereocenters. The van der Waals surface area contributed by atoms with Crippen LogP contribution < -0.4 is 4.74 Å². The van der Waals surface area contributed by atoms with Gasteiger partial charge in [-0.1, -0.05) is 53.2 Å². The molecular weight excluding hydrogens is 568 g/mol. The molecule has 5 rings (SSSR count). The number of rotatable bonds is 9. The summed E-state index contributed by atoms with van der Waals surface area (Å²) in [5.74, 6) is 1.89. The minimum Gasteiger partial charge on any atom is -0.494 e. The van der Waals surface area contributed by atoms with E-state index in [-0.39, 0.29) is 11.4 Å². The summed E-state index contributed by atoms with van der Waals surface area (Å²) < 4.78 is 12.9. The highest BCUT2D eigenvalue weighted by Crippen LogP contribution is 2.42. The molecule has 192 valence electrons. The van der Waals surface area contributed by atoms with E-state index in [1.54, 1.807) is 11.3 Å². The molecule has 4 aromatic rings. The summed E-state index contributed by atoms with van der Waals surface area (Å²) in [5, 5.41) is 1.91. The fraction of sp³-hybridized carbons (Fsp3) is 0.345. The van der Waals surface area contributed by atoms with E-state index in [9.17, 15) is 4.79 Å². The third-order valence-electron chi connectivity index (χ3n) is 6.28. The van der Waals surface area contributed by atoms with Gasteiger partial charge in [-0.05, 0) is 62.2 Å². The van der Waals surface area contributed by atoms with E-state index in [0.717, 1.165) is 50.3 Å². The number of hydrogen-bond donors (Lipinski definition) is 0. The van der Waals surface area contributed by atoms with E-state index in [0.29, 0.717) is 30.4 Å². The topological polar surface area (TPSA) is 61.3 Å². The number of carbonyl (C=O) groups is 1. The standard InChI is InChI=1S/C29H29BrN2O3S2/c1-4-5-14-34-21-12-8-19(9-13-21)26-31-27(36-17-23(33)18-6-10-20(30)11-7-18)25-22-15-29(2,3)35-16-24(22)37-28(25)32-26/h6-13H,4-5,14-17H2,1-3H3. The van der Waals surface area contributed by atoms with Crippen molar-refractivity contribution < 1.29 is 14.3 Å². The SMILES string of the molecule is CCCCOc1ccc(-c2nc(SCC(=O)c3ccc(Br)cc3)c3c4c(sc3n2)COC(C)(C)C4)cc1. The van der Waals surface area contributed by atoms with Crippen molar-refractivity contribution in [1.29, 1.82) is 0 Å². The van der Waals surface area contributed by atoms with Crippen molar-refractivity contribution in [2.45, 2.75) is 57.3 Å². The van der Waals surface area contributed by atoms with Crippen molar-refractivity contribution in [3.63, 3.8) is 0 Å². The van der Waals surface area contributed by atoms with Crippen LogP contribution in [0.1, 0.15) is 54.4 Å². The highest BCUT2D eigenvalue weighted by atomic mass is 79.9. The maximum absolute atomic E-state index is 13.0. The van der Waals surface area contributed by atoms with E-state index in [1.807, 2.05) is 48.5 Å². The Hall–Kier alpha value is -2.26. The number of benzene rings is 2. The molecule has 1 aliphatic rings. The number of carbonyl (C=O) groups excluding carboxylic acids is 1. The number of halogens is 1. The predicted molar refractivity (Wildman–Crippen MR) is 155 cm³/mol. The third-order valence-corrected chi connectivity index (χ3v) is 8.89. The average Bonchev–Trinajstić information content (AvgIpc) is 3.25. The number of hydrogen-bond acceptors (Lipinski definition) is 7. The first kappa shape index (κ1) is 26.4. The molecular formula is C29H29BrN2O3S2. The van der Waals surface area contributed by atoms with Crippen molar-refractivity contribution in [2.75, 3.05) is 12.4 Å². The van der Waals surface area contributed by atoms with Crippen LogP contribution in [0.25, 0.3) is 21.6 Å². The van der Waals surface area contributed by atoms with Crippen LogP contribution in [0, 0.1) is 0 Å². The molecule has 0 aliphatic carbocycles. The van der Waals surface area contributed by atoms with Crippen molar-refractivity contribution in [3.05, 3.63) is 69.0 Å². The summed E-state index contributed by atoms with van der Waals surface area (Å²) in [4.78, 5) is 25.1. The lowest BCUT2D eigenvalue weighted by Gasteiger charge is -2.30. The number of ketones is 1. The highest BCUT2D eigenvalue weighted by molar-refractivity contribution is 9.10. The lowest BCUT2D eigenvalue weighted by molar-refractivity contribution is -0.0379. The molecule has 0 N–H and O–H groups in total. The van der Waals surface area contributed by atoms with Crippen LogP contribution in [0.15, 0.2) is 58.0 Å². The molecule has 0 radical (unpaired) electrons. The van der Waals surface area contributed by atoms with Gasteiger partial charge in [0.2, 0.25) is 0 Å². The lowest BCUT2D eigenvalue weighted by atomic mass is 9.94. The van der Waals surface area contributed by atoms with Gasteiger partial charge in [0.1, 0.15) is 15.6 Å².